The van der Waals surface area contributed by atoms with Gasteiger partial charge in [0.2, 0.25) is 11.1 Å². The molecule has 1 aliphatic rings. The Kier molecular flexibility index (Phi) is 5.51. The number of thioether (sulfide) groups is 1. The molecular weight excluding hydrogens is 422 g/mol. The van der Waals surface area contributed by atoms with E-state index in [1.807, 2.05) is 89.6 Å². The highest BCUT2D eigenvalue weighted by molar-refractivity contribution is 8.00. The first-order valence-corrected chi connectivity index (χ1v) is 11.1. The Labute approximate surface area is 189 Å². The highest BCUT2D eigenvalue weighted by Gasteiger charge is 2.38. The van der Waals surface area contributed by atoms with E-state index in [1.54, 1.807) is 7.11 Å². The summed E-state index contributed by atoms with van der Waals surface area (Å²) in [5.41, 5.74) is 6.06. The van der Waals surface area contributed by atoms with Crippen LogP contribution >= 0.6 is 11.8 Å². The molecule has 0 fully saturated rings. The van der Waals surface area contributed by atoms with Crippen molar-refractivity contribution in [2.24, 2.45) is 0 Å². The van der Waals surface area contributed by atoms with Gasteiger partial charge < -0.3 is 15.5 Å². The van der Waals surface area contributed by atoms with Gasteiger partial charge in [0.15, 0.2) is 5.82 Å². The summed E-state index contributed by atoms with van der Waals surface area (Å²) in [6.45, 7) is 0. The lowest BCUT2D eigenvalue weighted by molar-refractivity contribution is -0.116. The van der Waals surface area contributed by atoms with Crippen LogP contribution < -0.4 is 15.5 Å². The number of nitrogens with zero attached hydrogens (tertiary/aromatic N) is 3. The zero-order valence-electron chi connectivity index (χ0n) is 17.3. The second-order valence-electron chi connectivity index (χ2n) is 7.25. The van der Waals surface area contributed by atoms with Crippen molar-refractivity contribution in [3.8, 4) is 17.1 Å². The van der Waals surface area contributed by atoms with E-state index in [9.17, 15) is 4.79 Å². The minimum absolute atomic E-state index is 0.142. The van der Waals surface area contributed by atoms with E-state index in [4.69, 9.17) is 4.74 Å². The van der Waals surface area contributed by atoms with E-state index >= 15 is 0 Å². The van der Waals surface area contributed by atoms with Crippen molar-refractivity contribution in [1.82, 2.24) is 14.9 Å². The number of methoxy groups -OCH3 is 1. The van der Waals surface area contributed by atoms with Gasteiger partial charge in [0, 0.05) is 5.56 Å². The number of carbonyl (C=O) groups excluding carboxylic acids is 1. The first-order valence-electron chi connectivity index (χ1n) is 10.2. The Morgan fingerprint density at radius 3 is 2.41 bits per heavy atom. The predicted molar refractivity (Wildman–Crippen MR) is 125 cm³/mol. The van der Waals surface area contributed by atoms with Crippen molar-refractivity contribution in [3.63, 3.8) is 0 Å². The van der Waals surface area contributed by atoms with Crippen molar-refractivity contribution in [3.05, 3.63) is 90.5 Å². The summed E-state index contributed by atoms with van der Waals surface area (Å²) in [4.78, 5) is 13.4. The summed E-state index contributed by atoms with van der Waals surface area (Å²) in [7, 11) is 1.59. The number of carbonyl (C=O) groups is 1. The molecule has 2 heterocycles. The van der Waals surface area contributed by atoms with E-state index < -0.39 is 5.25 Å². The average Bonchev–Trinajstić information content (AvgIpc) is 3.27. The predicted octanol–water partition coefficient (Wildman–Crippen LogP) is 4.35. The number of anilines is 1. The van der Waals surface area contributed by atoms with E-state index in [-0.39, 0.29) is 11.9 Å². The molecule has 1 aliphatic heterocycles. The Bertz CT molecular complexity index is 1230. The molecule has 0 spiro atoms. The maximum Gasteiger partial charge on any atom is 0.240 e. The largest absolute Gasteiger partial charge is 0.495 e. The number of fused-ring (bicyclic) bond motifs is 1. The molecule has 5 rings (SSSR count). The summed E-state index contributed by atoms with van der Waals surface area (Å²) >= 11 is 1.39. The molecule has 2 atom stereocenters. The summed E-state index contributed by atoms with van der Waals surface area (Å²) in [5, 5.41) is 11.9. The lowest BCUT2D eigenvalue weighted by Crippen LogP contribution is -2.41. The van der Waals surface area contributed by atoms with Crippen LogP contribution in [0.3, 0.4) is 0 Å². The van der Waals surface area contributed by atoms with Gasteiger partial charge in [-0.3, -0.25) is 4.79 Å². The number of ether oxygens (including phenoxy) is 1. The number of hydrogen-bond acceptors (Lipinski definition) is 6. The summed E-state index contributed by atoms with van der Waals surface area (Å²) in [5.74, 6) is 1.18. The minimum Gasteiger partial charge on any atom is -0.495 e. The Morgan fingerprint density at radius 1 is 0.969 bits per heavy atom. The molecule has 0 unspecified atom stereocenters. The molecular formula is C24H21N5O2S. The number of para-hydroxylation sites is 2. The van der Waals surface area contributed by atoms with Gasteiger partial charge in [0.25, 0.3) is 0 Å². The molecule has 1 amide bonds. The standard InChI is InChI=1S/C24H21N5O2S/c1-31-19-15-9-8-14-18(19)25-23(30)21-20(16-10-4-2-5-11-16)28-29-22(26-27-24(29)32-21)17-12-6-3-7-13-17/h2-15,20-21,28H,1H3,(H,25,30)/t20-,21-/m1/s1. The molecule has 8 heteroatoms. The lowest BCUT2D eigenvalue weighted by Gasteiger charge is -2.33. The first-order chi connectivity index (χ1) is 15.7. The Morgan fingerprint density at radius 2 is 1.66 bits per heavy atom. The van der Waals surface area contributed by atoms with Gasteiger partial charge in [-0.05, 0) is 17.7 Å². The van der Waals surface area contributed by atoms with Crippen LogP contribution in [-0.2, 0) is 4.79 Å². The molecule has 1 aromatic heterocycles. The van der Waals surface area contributed by atoms with Crippen LogP contribution in [0.2, 0.25) is 0 Å². The molecule has 0 aliphatic carbocycles. The third-order valence-electron chi connectivity index (χ3n) is 5.25. The Balaban J connectivity index is 1.51. The molecule has 0 radical (unpaired) electrons. The van der Waals surface area contributed by atoms with Crippen LogP contribution in [0.15, 0.2) is 90.1 Å². The molecule has 160 valence electrons. The molecule has 7 nitrogen and oxygen atoms in total. The van der Waals surface area contributed by atoms with Crippen LogP contribution in [0.25, 0.3) is 11.4 Å². The van der Waals surface area contributed by atoms with Gasteiger partial charge in [-0.1, -0.05) is 84.6 Å². The maximum atomic E-state index is 13.4. The van der Waals surface area contributed by atoms with Crippen molar-refractivity contribution in [1.29, 1.82) is 0 Å². The van der Waals surface area contributed by atoms with Crippen molar-refractivity contribution >= 4 is 23.4 Å². The fraction of sp³-hybridized carbons (Fsp3) is 0.125. The third kappa shape index (κ3) is 3.80. The fourth-order valence-corrected chi connectivity index (χ4v) is 4.77. The minimum atomic E-state index is -0.470. The average molecular weight is 444 g/mol. The van der Waals surface area contributed by atoms with Gasteiger partial charge in [-0.2, -0.15) is 0 Å². The van der Waals surface area contributed by atoms with Gasteiger partial charge in [-0.25, -0.2) is 4.68 Å². The van der Waals surface area contributed by atoms with E-state index in [1.165, 1.54) is 11.8 Å². The monoisotopic (exact) mass is 443 g/mol. The van der Waals surface area contributed by atoms with Crippen LogP contribution in [0.4, 0.5) is 5.69 Å². The topological polar surface area (TPSA) is 81.1 Å². The molecule has 0 bridgehead atoms. The van der Waals surface area contributed by atoms with Crippen molar-refractivity contribution in [2.45, 2.75) is 16.4 Å². The number of benzene rings is 3. The number of rotatable bonds is 5. The van der Waals surface area contributed by atoms with Crippen LogP contribution in [-0.4, -0.2) is 33.1 Å². The second kappa shape index (κ2) is 8.76. The van der Waals surface area contributed by atoms with Gasteiger partial charge >= 0.3 is 0 Å². The van der Waals surface area contributed by atoms with Crippen LogP contribution in [0.5, 0.6) is 5.75 Å². The molecule has 3 aromatic carbocycles. The normalized spacial score (nSPS) is 17.2. The smallest absolute Gasteiger partial charge is 0.240 e. The van der Waals surface area contributed by atoms with Crippen molar-refractivity contribution in [2.75, 3.05) is 17.9 Å². The van der Waals surface area contributed by atoms with Crippen LogP contribution in [0, 0.1) is 0 Å². The number of hydrogen-bond donors (Lipinski definition) is 2. The zero-order chi connectivity index (χ0) is 21.9. The maximum absolute atomic E-state index is 13.4. The highest BCUT2D eigenvalue weighted by Crippen LogP contribution is 2.39. The van der Waals surface area contributed by atoms with E-state index in [0.717, 1.165) is 11.1 Å². The Hall–Kier alpha value is -3.78. The van der Waals surface area contributed by atoms with Crippen LogP contribution in [0.1, 0.15) is 11.6 Å². The second-order valence-corrected chi connectivity index (χ2v) is 8.36. The van der Waals surface area contributed by atoms with Gasteiger partial charge in [0.1, 0.15) is 11.0 Å². The third-order valence-corrected chi connectivity index (χ3v) is 6.47. The molecule has 0 saturated heterocycles. The summed E-state index contributed by atoms with van der Waals surface area (Å²) in [6, 6.07) is 26.9. The van der Waals surface area contributed by atoms with E-state index in [0.29, 0.717) is 22.4 Å². The molecule has 0 saturated carbocycles. The lowest BCUT2D eigenvalue weighted by atomic mass is 10.0. The quantitative estimate of drug-likeness (QED) is 0.477. The van der Waals surface area contributed by atoms with E-state index in [2.05, 4.69) is 20.9 Å². The number of aromatic nitrogens is 3. The molecule has 32 heavy (non-hydrogen) atoms. The summed E-state index contributed by atoms with van der Waals surface area (Å²) < 4.78 is 7.26. The fourth-order valence-electron chi connectivity index (χ4n) is 3.69. The molecule has 4 aromatic rings. The van der Waals surface area contributed by atoms with Gasteiger partial charge in [-0.15, -0.1) is 10.2 Å². The van der Waals surface area contributed by atoms with Gasteiger partial charge in [0.05, 0.1) is 18.8 Å². The first kappa shape index (κ1) is 20.1. The number of nitrogens with one attached hydrogen (secondary N) is 2. The number of amides is 1. The highest BCUT2D eigenvalue weighted by atomic mass is 32.2. The summed E-state index contributed by atoms with van der Waals surface area (Å²) in [6.07, 6.45) is 0. The zero-order valence-corrected chi connectivity index (χ0v) is 18.1. The SMILES string of the molecule is COc1ccccc1NC(=O)[C@@H]1Sc2nnc(-c3ccccc3)n2N[C@@H]1c1ccccc1. The van der Waals surface area contributed by atoms with Crippen molar-refractivity contribution < 1.29 is 9.53 Å². The molecule has 2 N–H and O–H groups in total.